The van der Waals surface area contributed by atoms with Gasteiger partial charge in [-0.1, -0.05) is 20.8 Å². The number of carbonyl (C=O) groups excluding carboxylic acids is 4. The summed E-state index contributed by atoms with van der Waals surface area (Å²) in [5.74, 6) is -1.71. The number of carbonyl (C=O) groups is 4. The number of imide groups is 2. The summed E-state index contributed by atoms with van der Waals surface area (Å²) in [6.07, 6.45) is 0.203. The van der Waals surface area contributed by atoms with E-state index >= 15 is 0 Å². The number of benzene rings is 1. The Kier molecular flexibility index (Phi) is 7.40. The second kappa shape index (κ2) is 9.74. The van der Waals surface area contributed by atoms with Gasteiger partial charge in [0.15, 0.2) is 8.32 Å². The van der Waals surface area contributed by atoms with E-state index in [2.05, 4.69) is 39.2 Å². The normalized spacial score (nSPS) is 19.1. The summed E-state index contributed by atoms with van der Waals surface area (Å²) in [5.41, 5.74) is 0.405. The largest absolute Gasteiger partial charge is 0.491 e. The molecule has 2 heterocycles. The van der Waals surface area contributed by atoms with E-state index in [1.54, 1.807) is 6.07 Å². The van der Waals surface area contributed by atoms with E-state index in [1.165, 1.54) is 12.1 Å². The predicted octanol–water partition coefficient (Wildman–Crippen LogP) is 2.50. The van der Waals surface area contributed by atoms with Gasteiger partial charge in [-0.05, 0) is 42.8 Å². The van der Waals surface area contributed by atoms with E-state index in [0.29, 0.717) is 25.6 Å². The van der Waals surface area contributed by atoms with Crippen LogP contribution in [0.15, 0.2) is 18.2 Å². The van der Waals surface area contributed by atoms with Crippen LogP contribution >= 0.6 is 0 Å². The number of ether oxygens (including phenoxy) is 2. The van der Waals surface area contributed by atoms with E-state index in [0.717, 1.165) is 4.90 Å². The molecule has 2 aliphatic rings. The van der Waals surface area contributed by atoms with Crippen LogP contribution in [0.3, 0.4) is 0 Å². The summed E-state index contributed by atoms with van der Waals surface area (Å²) in [7, 11) is -1.79. The molecule has 9 nitrogen and oxygen atoms in total. The van der Waals surface area contributed by atoms with Gasteiger partial charge in [0.1, 0.15) is 18.4 Å². The lowest BCUT2D eigenvalue weighted by atomic mass is 10.0. The highest BCUT2D eigenvalue weighted by atomic mass is 28.4. The quantitative estimate of drug-likeness (QED) is 0.331. The van der Waals surface area contributed by atoms with E-state index < -0.39 is 38.0 Å². The first-order valence-corrected chi connectivity index (χ1v) is 14.0. The highest BCUT2D eigenvalue weighted by Crippen LogP contribution is 2.36. The summed E-state index contributed by atoms with van der Waals surface area (Å²) in [6, 6.07) is 3.65. The zero-order valence-electron chi connectivity index (χ0n) is 19.9. The monoisotopic (exact) mass is 476 g/mol. The second-order valence-electron chi connectivity index (χ2n) is 9.72. The fourth-order valence-corrected chi connectivity index (χ4v) is 4.46. The van der Waals surface area contributed by atoms with E-state index in [1.807, 2.05) is 0 Å². The summed E-state index contributed by atoms with van der Waals surface area (Å²) in [6.45, 7) is 12.6. The van der Waals surface area contributed by atoms with Crippen LogP contribution in [0.1, 0.15) is 54.3 Å². The van der Waals surface area contributed by atoms with Crippen molar-refractivity contribution >= 4 is 31.9 Å². The first-order chi connectivity index (χ1) is 15.4. The molecule has 0 saturated carbocycles. The van der Waals surface area contributed by atoms with Crippen molar-refractivity contribution < 1.29 is 33.1 Å². The van der Waals surface area contributed by atoms with E-state index in [9.17, 15) is 19.2 Å². The molecule has 1 fully saturated rings. The predicted molar refractivity (Wildman–Crippen MR) is 123 cm³/mol. The molecule has 180 valence electrons. The molecule has 1 aromatic carbocycles. The highest BCUT2D eigenvalue weighted by molar-refractivity contribution is 6.74. The fourth-order valence-electron chi connectivity index (χ4n) is 3.43. The van der Waals surface area contributed by atoms with Crippen molar-refractivity contribution in [3.8, 4) is 5.75 Å². The second-order valence-corrected chi connectivity index (χ2v) is 14.5. The third kappa shape index (κ3) is 5.51. The van der Waals surface area contributed by atoms with Gasteiger partial charge in [0, 0.05) is 6.42 Å². The molecule has 1 N–H and O–H groups in total. The van der Waals surface area contributed by atoms with E-state index in [4.69, 9.17) is 13.9 Å². The minimum atomic E-state index is -1.79. The molecule has 3 rings (SSSR count). The Labute approximate surface area is 194 Å². The Hall–Kier alpha value is -2.56. The lowest BCUT2D eigenvalue weighted by molar-refractivity contribution is -0.136. The van der Waals surface area contributed by atoms with Gasteiger partial charge in [-0.3, -0.25) is 29.4 Å². The molecule has 1 unspecified atom stereocenters. The van der Waals surface area contributed by atoms with Crippen LogP contribution in [-0.4, -0.2) is 69.3 Å². The number of fused-ring (bicyclic) bond motifs is 1. The first kappa shape index (κ1) is 25.1. The molecular weight excluding hydrogens is 444 g/mol. The Bertz CT molecular complexity index is 955. The minimum absolute atomic E-state index is 0.0824. The van der Waals surface area contributed by atoms with Gasteiger partial charge in [0.25, 0.3) is 11.8 Å². The highest BCUT2D eigenvalue weighted by Gasteiger charge is 2.44. The fraction of sp³-hybridized carbons (Fsp3) is 0.565. The Morgan fingerprint density at radius 1 is 1.00 bits per heavy atom. The average molecular weight is 477 g/mol. The Balaban J connectivity index is 1.48. The number of hydrogen-bond donors (Lipinski definition) is 1. The number of piperidine rings is 1. The first-order valence-electron chi connectivity index (χ1n) is 11.1. The minimum Gasteiger partial charge on any atom is -0.491 e. The molecule has 0 aliphatic carbocycles. The Morgan fingerprint density at radius 2 is 1.67 bits per heavy atom. The molecule has 1 atom stereocenters. The maximum absolute atomic E-state index is 12.8. The van der Waals surface area contributed by atoms with Crippen molar-refractivity contribution in [1.29, 1.82) is 0 Å². The number of nitrogens with one attached hydrogen (secondary N) is 1. The van der Waals surface area contributed by atoms with Crippen LogP contribution < -0.4 is 10.1 Å². The van der Waals surface area contributed by atoms with Crippen molar-refractivity contribution in [2.24, 2.45) is 0 Å². The molecule has 1 saturated heterocycles. The Morgan fingerprint density at radius 3 is 2.33 bits per heavy atom. The van der Waals surface area contributed by atoms with Crippen molar-refractivity contribution in [3.63, 3.8) is 0 Å². The van der Waals surface area contributed by atoms with Gasteiger partial charge in [-0.2, -0.15) is 0 Å². The zero-order valence-corrected chi connectivity index (χ0v) is 20.9. The van der Waals surface area contributed by atoms with E-state index in [-0.39, 0.29) is 35.6 Å². The standard InChI is InChI=1S/C23H32N2O7Si/c1-23(2,3)33(4,5)32-13-11-30-10-12-31-15-6-7-16-17(14-15)22(29)25(21(16)28)18-8-9-19(26)24-20(18)27/h6-7,14,18H,8-13H2,1-5H3,(H,24,26,27). The molecule has 2 aliphatic heterocycles. The molecule has 0 bridgehead atoms. The molecule has 0 aromatic heterocycles. The van der Waals surface area contributed by atoms with Crippen LogP contribution in [0, 0.1) is 0 Å². The number of nitrogens with zero attached hydrogens (tertiary/aromatic N) is 1. The van der Waals surface area contributed by atoms with Crippen LogP contribution in [0.25, 0.3) is 0 Å². The zero-order chi connectivity index (χ0) is 24.4. The van der Waals surface area contributed by atoms with Crippen molar-refractivity contribution in [2.75, 3.05) is 26.4 Å². The maximum atomic E-state index is 12.8. The molecule has 33 heavy (non-hydrogen) atoms. The molecular formula is C23H32N2O7Si. The van der Waals surface area contributed by atoms with Crippen LogP contribution in [0.4, 0.5) is 0 Å². The summed E-state index contributed by atoms with van der Waals surface area (Å²) in [5, 5.41) is 2.33. The van der Waals surface area contributed by atoms with Gasteiger partial charge in [-0.25, -0.2) is 0 Å². The third-order valence-electron chi connectivity index (χ3n) is 6.40. The molecule has 10 heteroatoms. The van der Waals surface area contributed by atoms with Crippen LogP contribution in [-0.2, 0) is 18.8 Å². The van der Waals surface area contributed by atoms with Gasteiger partial charge < -0.3 is 13.9 Å². The molecule has 0 spiro atoms. The van der Waals surface area contributed by atoms with Gasteiger partial charge >= 0.3 is 0 Å². The third-order valence-corrected chi connectivity index (χ3v) is 10.9. The average Bonchev–Trinajstić information content (AvgIpc) is 2.97. The smallest absolute Gasteiger partial charge is 0.262 e. The van der Waals surface area contributed by atoms with Crippen LogP contribution in [0.5, 0.6) is 5.75 Å². The van der Waals surface area contributed by atoms with Crippen molar-refractivity contribution in [3.05, 3.63) is 29.3 Å². The lowest BCUT2D eigenvalue weighted by Crippen LogP contribution is -2.54. The topological polar surface area (TPSA) is 111 Å². The summed E-state index contributed by atoms with van der Waals surface area (Å²) < 4.78 is 17.3. The molecule has 4 amide bonds. The van der Waals surface area contributed by atoms with Crippen molar-refractivity contribution in [1.82, 2.24) is 10.2 Å². The molecule has 1 aromatic rings. The van der Waals surface area contributed by atoms with Gasteiger partial charge in [0.05, 0.1) is 30.9 Å². The number of amides is 4. The van der Waals surface area contributed by atoms with Crippen LogP contribution in [0.2, 0.25) is 18.1 Å². The number of rotatable bonds is 9. The maximum Gasteiger partial charge on any atom is 0.262 e. The molecule has 0 radical (unpaired) electrons. The SMILES string of the molecule is CC(C)(C)[Si](C)(C)OCCOCCOc1ccc2c(c1)C(=O)N(C1CCC(=O)NC1=O)C2=O. The summed E-state index contributed by atoms with van der Waals surface area (Å²) in [4.78, 5) is 50.0. The van der Waals surface area contributed by atoms with Crippen molar-refractivity contribution in [2.45, 2.75) is 57.8 Å². The van der Waals surface area contributed by atoms with Gasteiger partial charge in [-0.15, -0.1) is 0 Å². The lowest BCUT2D eigenvalue weighted by Gasteiger charge is -2.36. The van der Waals surface area contributed by atoms with Gasteiger partial charge in [0.2, 0.25) is 11.8 Å². The number of hydrogen-bond acceptors (Lipinski definition) is 7. The summed E-state index contributed by atoms with van der Waals surface area (Å²) >= 11 is 0.